The number of hydrogen-bond donors (Lipinski definition) is 2. The molecule has 1 aromatic rings. The van der Waals surface area contributed by atoms with Gasteiger partial charge in [-0.2, -0.15) is 0 Å². The summed E-state index contributed by atoms with van der Waals surface area (Å²) in [4.78, 5) is 12.5. The lowest BCUT2D eigenvalue weighted by atomic mass is 9.67. The average molecular weight is 313 g/mol. The SMILES string of the molecule is Cc1cc(C(=O)NC2C3CCCC2CC(N)C3)c(C)o1.Cl. The number of amides is 1. The number of carbonyl (C=O) groups excluding carboxylic acids is 1. The summed E-state index contributed by atoms with van der Waals surface area (Å²) < 4.78 is 5.46. The summed E-state index contributed by atoms with van der Waals surface area (Å²) in [5, 5.41) is 3.26. The number of halogens is 1. The van der Waals surface area contributed by atoms with Crippen LogP contribution in [0.15, 0.2) is 10.5 Å². The van der Waals surface area contributed by atoms with Gasteiger partial charge >= 0.3 is 0 Å². The van der Waals surface area contributed by atoms with Crippen molar-refractivity contribution in [2.75, 3.05) is 0 Å². The first kappa shape index (κ1) is 16.4. The molecule has 1 aromatic heterocycles. The number of hydrogen-bond acceptors (Lipinski definition) is 3. The minimum Gasteiger partial charge on any atom is -0.466 e. The highest BCUT2D eigenvalue weighted by Gasteiger charge is 2.40. The lowest BCUT2D eigenvalue weighted by Crippen LogP contribution is -2.53. The highest BCUT2D eigenvalue weighted by molar-refractivity contribution is 5.95. The molecule has 1 heterocycles. The van der Waals surface area contributed by atoms with Gasteiger partial charge in [0, 0.05) is 12.1 Å². The summed E-state index contributed by atoms with van der Waals surface area (Å²) in [5.74, 6) is 2.61. The Morgan fingerprint density at radius 3 is 2.43 bits per heavy atom. The van der Waals surface area contributed by atoms with Crippen molar-refractivity contribution < 1.29 is 9.21 Å². The minimum absolute atomic E-state index is 0. The van der Waals surface area contributed by atoms with E-state index >= 15 is 0 Å². The molecule has 2 aliphatic carbocycles. The quantitative estimate of drug-likeness (QED) is 0.882. The Morgan fingerprint density at radius 1 is 1.29 bits per heavy atom. The third kappa shape index (κ3) is 3.27. The van der Waals surface area contributed by atoms with Gasteiger partial charge in [0.25, 0.3) is 5.91 Å². The summed E-state index contributed by atoms with van der Waals surface area (Å²) in [6.45, 7) is 3.72. The molecule has 118 valence electrons. The van der Waals surface area contributed by atoms with Gasteiger partial charge in [-0.15, -0.1) is 12.4 Å². The Labute approximate surface area is 132 Å². The summed E-state index contributed by atoms with van der Waals surface area (Å²) >= 11 is 0. The summed E-state index contributed by atoms with van der Waals surface area (Å²) in [6.07, 6.45) is 5.76. The highest BCUT2D eigenvalue weighted by atomic mass is 35.5. The molecule has 2 aliphatic rings. The van der Waals surface area contributed by atoms with E-state index in [1.807, 2.05) is 19.9 Å². The molecule has 0 radical (unpaired) electrons. The van der Waals surface area contributed by atoms with Crippen molar-refractivity contribution in [1.29, 1.82) is 0 Å². The second-order valence-electron chi connectivity index (χ2n) is 6.51. The molecule has 5 heteroatoms. The first-order valence-corrected chi connectivity index (χ1v) is 7.68. The largest absolute Gasteiger partial charge is 0.466 e. The van der Waals surface area contributed by atoms with Gasteiger partial charge in [-0.25, -0.2) is 0 Å². The van der Waals surface area contributed by atoms with Gasteiger partial charge in [-0.05, 0) is 57.4 Å². The third-order valence-electron chi connectivity index (χ3n) is 4.96. The molecule has 0 aliphatic heterocycles. The van der Waals surface area contributed by atoms with Gasteiger partial charge in [0.15, 0.2) is 0 Å². The number of nitrogens with one attached hydrogen (secondary N) is 1. The van der Waals surface area contributed by atoms with E-state index in [0.717, 1.165) is 18.6 Å². The van der Waals surface area contributed by atoms with Crippen LogP contribution in [0.4, 0.5) is 0 Å². The molecule has 1 amide bonds. The van der Waals surface area contributed by atoms with Crippen LogP contribution in [0.25, 0.3) is 0 Å². The van der Waals surface area contributed by atoms with Crippen molar-refractivity contribution in [2.45, 2.75) is 58.0 Å². The average Bonchev–Trinajstić information content (AvgIpc) is 2.69. The predicted molar refractivity (Wildman–Crippen MR) is 84.7 cm³/mol. The Hall–Kier alpha value is -1.000. The van der Waals surface area contributed by atoms with Gasteiger partial charge in [0.1, 0.15) is 11.5 Å². The van der Waals surface area contributed by atoms with Crippen LogP contribution < -0.4 is 11.1 Å². The molecular formula is C16H25ClN2O2. The fourth-order valence-electron chi connectivity index (χ4n) is 4.11. The number of rotatable bonds is 2. The third-order valence-corrected chi connectivity index (χ3v) is 4.96. The highest BCUT2D eigenvalue weighted by Crippen LogP contribution is 2.39. The van der Waals surface area contributed by atoms with E-state index in [2.05, 4.69) is 5.32 Å². The van der Waals surface area contributed by atoms with Crippen molar-refractivity contribution in [3.8, 4) is 0 Å². The van der Waals surface area contributed by atoms with Crippen LogP contribution in [0.1, 0.15) is 54.0 Å². The molecule has 0 spiro atoms. The zero-order valence-electron chi connectivity index (χ0n) is 12.7. The van der Waals surface area contributed by atoms with Crippen LogP contribution >= 0.6 is 12.4 Å². The summed E-state index contributed by atoms with van der Waals surface area (Å²) in [6, 6.07) is 2.44. The maximum Gasteiger partial charge on any atom is 0.255 e. The monoisotopic (exact) mass is 312 g/mol. The second-order valence-corrected chi connectivity index (χ2v) is 6.51. The van der Waals surface area contributed by atoms with Crippen LogP contribution in [0.3, 0.4) is 0 Å². The minimum atomic E-state index is 0. The molecule has 4 nitrogen and oxygen atoms in total. The Balaban J connectivity index is 0.00000161. The van der Waals surface area contributed by atoms with E-state index < -0.39 is 0 Å². The van der Waals surface area contributed by atoms with Crippen LogP contribution in [-0.2, 0) is 0 Å². The zero-order chi connectivity index (χ0) is 14.3. The molecular weight excluding hydrogens is 288 g/mol. The molecule has 2 saturated carbocycles. The molecule has 0 aromatic carbocycles. The van der Waals surface area contributed by atoms with Crippen molar-refractivity contribution in [3.05, 3.63) is 23.2 Å². The van der Waals surface area contributed by atoms with E-state index in [9.17, 15) is 4.79 Å². The number of furan rings is 1. The smallest absolute Gasteiger partial charge is 0.255 e. The van der Waals surface area contributed by atoms with Crippen molar-refractivity contribution >= 4 is 18.3 Å². The second kappa shape index (κ2) is 6.41. The van der Waals surface area contributed by atoms with Gasteiger partial charge in [-0.3, -0.25) is 4.79 Å². The molecule has 2 unspecified atom stereocenters. The standard InChI is InChI=1S/C16H24N2O2.ClH/c1-9-6-14(10(2)20-9)16(19)18-15-11-4-3-5-12(15)8-13(17)7-11;/h6,11-13,15H,3-5,7-8,17H2,1-2H3,(H,18,19);1H. The Morgan fingerprint density at radius 2 is 1.90 bits per heavy atom. The topological polar surface area (TPSA) is 68.3 Å². The number of nitrogens with two attached hydrogens (primary N) is 1. The van der Waals surface area contributed by atoms with E-state index in [1.54, 1.807) is 0 Å². The van der Waals surface area contributed by atoms with Crippen LogP contribution in [0, 0.1) is 25.7 Å². The number of carbonyl (C=O) groups is 1. The lowest BCUT2D eigenvalue weighted by Gasteiger charge is -2.45. The van der Waals surface area contributed by atoms with E-state index in [-0.39, 0.29) is 18.3 Å². The van der Waals surface area contributed by atoms with E-state index in [4.69, 9.17) is 10.2 Å². The fourth-order valence-corrected chi connectivity index (χ4v) is 4.11. The Kier molecular flexibility index (Phi) is 4.99. The molecule has 2 bridgehead atoms. The molecule has 3 rings (SSSR count). The fraction of sp³-hybridized carbons (Fsp3) is 0.688. The predicted octanol–water partition coefficient (Wildman–Crippen LogP) is 2.95. The molecule has 2 fully saturated rings. The van der Waals surface area contributed by atoms with Gasteiger partial charge in [-0.1, -0.05) is 6.42 Å². The summed E-state index contributed by atoms with van der Waals surface area (Å²) in [7, 11) is 0. The first-order valence-electron chi connectivity index (χ1n) is 7.68. The molecule has 3 N–H and O–H groups in total. The van der Waals surface area contributed by atoms with E-state index in [0.29, 0.717) is 35.2 Å². The molecule has 21 heavy (non-hydrogen) atoms. The van der Waals surface area contributed by atoms with Crippen LogP contribution in [0.2, 0.25) is 0 Å². The molecule has 0 saturated heterocycles. The maximum atomic E-state index is 12.5. The molecule has 2 atom stereocenters. The van der Waals surface area contributed by atoms with Crippen molar-refractivity contribution in [3.63, 3.8) is 0 Å². The summed E-state index contributed by atoms with van der Waals surface area (Å²) in [5.41, 5.74) is 6.81. The Bertz CT molecular complexity index is 500. The zero-order valence-corrected chi connectivity index (χ0v) is 13.5. The maximum absolute atomic E-state index is 12.5. The lowest BCUT2D eigenvalue weighted by molar-refractivity contribution is 0.0754. The van der Waals surface area contributed by atoms with Gasteiger partial charge in [0.05, 0.1) is 5.56 Å². The van der Waals surface area contributed by atoms with Gasteiger partial charge in [0.2, 0.25) is 0 Å². The van der Waals surface area contributed by atoms with Crippen molar-refractivity contribution in [2.24, 2.45) is 17.6 Å². The first-order chi connectivity index (χ1) is 9.54. The number of aryl methyl sites for hydroxylation is 2. The van der Waals surface area contributed by atoms with Gasteiger partial charge < -0.3 is 15.5 Å². The normalized spacial score (nSPS) is 31.4. The number of fused-ring (bicyclic) bond motifs is 2. The van der Waals surface area contributed by atoms with E-state index in [1.165, 1.54) is 19.3 Å². The van der Waals surface area contributed by atoms with Crippen molar-refractivity contribution in [1.82, 2.24) is 5.32 Å². The van der Waals surface area contributed by atoms with Crippen LogP contribution in [0.5, 0.6) is 0 Å². The van der Waals surface area contributed by atoms with Crippen LogP contribution in [-0.4, -0.2) is 18.0 Å².